The van der Waals surface area contributed by atoms with E-state index in [9.17, 15) is 21.6 Å². The number of sulfonamides is 2. The largest absolute Gasteiger partial charge is 0.339 e. The fourth-order valence-electron chi connectivity index (χ4n) is 1.81. The van der Waals surface area contributed by atoms with E-state index < -0.39 is 20.0 Å². The number of hydrogen-bond donors (Lipinski definition) is 0. The van der Waals surface area contributed by atoms with E-state index in [1.165, 1.54) is 16.3 Å². The van der Waals surface area contributed by atoms with Gasteiger partial charge in [0.1, 0.15) is 0 Å². The molecule has 0 unspecified atom stereocenters. The molecule has 1 rings (SSSR count). The van der Waals surface area contributed by atoms with Gasteiger partial charge in [-0.25, -0.2) is 16.8 Å². The quantitative estimate of drug-likeness (QED) is 0.604. The molecule has 0 aromatic rings. The predicted octanol–water partition coefficient (Wildman–Crippen LogP) is -1.63. The van der Waals surface area contributed by atoms with Crippen molar-refractivity contribution in [2.75, 3.05) is 51.8 Å². The Bertz CT molecular complexity index is 549. The number of carbonyl (C=O) groups is 1. The molecule has 1 heterocycles. The summed E-state index contributed by atoms with van der Waals surface area (Å²) in [7, 11) is -5.28. The van der Waals surface area contributed by atoms with Crippen molar-refractivity contribution in [2.24, 2.45) is 0 Å². The zero-order valence-electron chi connectivity index (χ0n) is 11.9. The van der Waals surface area contributed by atoms with Crippen molar-refractivity contribution in [1.82, 2.24) is 13.5 Å². The molecular formula is C10H21N3O5S2. The molecule has 0 radical (unpaired) electrons. The van der Waals surface area contributed by atoms with Gasteiger partial charge in [0.2, 0.25) is 26.0 Å². The van der Waals surface area contributed by atoms with Crippen LogP contribution in [0.2, 0.25) is 0 Å². The summed E-state index contributed by atoms with van der Waals surface area (Å²) in [6.07, 6.45) is 1.03. The average molecular weight is 327 g/mol. The summed E-state index contributed by atoms with van der Waals surface area (Å²) >= 11 is 0. The second-order valence-corrected chi connectivity index (χ2v) is 9.05. The fraction of sp³-hybridized carbons (Fsp3) is 0.900. The topological polar surface area (TPSA) is 95.1 Å². The van der Waals surface area contributed by atoms with Gasteiger partial charge >= 0.3 is 0 Å². The van der Waals surface area contributed by atoms with Crippen LogP contribution in [0.25, 0.3) is 0 Å². The molecule has 1 aliphatic heterocycles. The Morgan fingerprint density at radius 1 is 1.10 bits per heavy atom. The van der Waals surface area contributed by atoms with E-state index in [1.807, 2.05) is 0 Å². The molecule has 0 aromatic heterocycles. The highest BCUT2D eigenvalue weighted by Crippen LogP contribution is 2.08. The summed E-state index contributed by atoms with van der Waals surface area (Å²) in [5.41, 5.74) is 0. The lowest BCUT2D eigenvalue weighted by molar-refractivity contribution is -0.132. The van der Waals surface area contributed by atoms with Crippen LogP contribution in [0.3, 0.4) is 0 Å². The van der Waals surface area contributed by atoms with Crippen LogP contribution in [-0.2, 0) is 24.8 Å². The van der Waals surface area contributed by atoms with Gasteiger partial charge in [0.15, 0.2) is 0 Å². The fourth-order valence-corrected chi connectivity index (χ4v) is 3.24. The highest BCUT2D eigenvalue weighted by Gasteiger charge is 2.28. The SMILES string of the molecule is CCS(=O)(=O)N1CCN(C(=O)CN(C)S(C)(=O)=O)CC1. The molecule has 118 valence electrons. The normalized spacial score (nSPS) is 18.5. The Labute approximate surface area is 120 Å². The Kier molecular flexibility index (Phi) is 5.53. The molecule has 1 amide bonds. The van der Waals surface area contributed by atoms with Crippen molar-refractivity contribution in [1.29, 1.82) is 0 Å². The van der Waals surface area contributed by atoms with Gasteiger partial charge in [0.05, 0.1) is 18.6 Å². The third-order valence-electron chi connectivity index (χ3n) is 3.27. The van der Waals surface area contributed by atoms with Gasteiger partial charge in [-0.3, -0.25) is 4.79 Å². The Morgan fingerprint density at radius 2 is 1.60 bits per heavy atom. The monoisotopic (exact) mass is 327 g/mol. The maximum atomic E-state index is 11.9. The summed E-state index contributed by atoms with van der Waals surface area (Å²) in [6, 6.07) is 0. The number of piperazine rings is 1. The summed E-state index contributed by atoms with van der Waals surface area (Å²) < 4.78 is 48.2. The molecule has 0 spiro atoms. The standard InChI is InChI=1S/C10H21N3O5S2/c1-4-20(17,18)13-7-5-12(6-8-13)10(14)9-11(2)19(3,15)16/h4-9H2,1-3H3. The van der Waals surface area contributed by atoms with Crippen LogP contribution in [-0.4, -0.2) is 88.0 Å². The van der Waals surface area contributed by atoms with Crippen molar-refractivity contribution >= 4 is 26.0 Å². The number of nitrogens with zero attached hydrogens (tertiary/aromatic N) is 3. The zero-order chi connectivity index (χ0) is 15.6. The molecule has 0 atom stereocenters. The third-order valence-corrected chi connectivity index (χ3v) is 6.42. The van der Waals surface area contributed by atoms with E-state index in [2.05, 4.69) is 0 Å². The highest BCUT2D eigenvalue weighted by molar-refractivity contribution is 7.89. The lowest BCUT2D eigenvalue weighted by Gasteiger charge is -2.34. The Morgan fingerprint density at radius 3 is 2.00 bits per heavy atom. The number of carbonyl (C=O) groups excluding carboxylic acids is 1. The first-order valence-electron chi connectivity index (χ1n) is 6.25. The molecule has 0 N–H and O–H groups in total. The van der Waals surface area contributed by atoms with E-state index in [-0.39, 0.29) is 44.4 Å². The van der Waals surface area contributed by atoms with Gasteiger partial charge in [-0.1, -0.05) is 0 Å². The molecule has 20 heavy (non-hydrogen) atoms. The van der Waals surface area contributed by atoms with Crippen molar-refractivity contribution in [2.45, 2.75) is 6.92 Å². The Balaban J connectivity index is 2.56. The molecule has 1 fully saturated rings. The first-order chi connectivity index (χ1) is 9.08. The van der Waals surface area contributed by atoms with Gasteiger partial charge in [-0.2, -0.15) is 8.61 Å². The van der Waals surface area contributed by atoms with E-state index in [0.717, 1.165) is 10.6 Å². The summed E-state index contributed by atoms with van der Waals surface area (Å²) in [5.74, 6) is -0.274. The minimum atomic E-state index is -3.39. The lowest BCUT2D eigenvalue weighted by Crippen LogP contribution is -2.52. The van der Waals surface area contributed by atoms with Gasteiger partial charge in [-0.05, 0) is 6.92 Å². The van der Waals surface area contributed by atoms with Crippen LogP contribution in [0.1, 0.15) is 6.92 Å². The molecule has 1 saturated heterocycles. The van der Waals surface area contributed by atoms with Crippen LogP contribution in [0.4, 0.5) is 0 Å². The van der Waals surface area contributed by atoms with Gasteiger partial charge in [0, 0.05) is 33.2 Å². The minimum absolute atomic E-state index is 0.0394. The van der Waals surface area contributed by atoms with Gasteiger partial charge in [0.25, 0.3) is 0 Å². The first kappa shape index (κ1) is 17.3. The van der Waals surface area contributed by atoms with Crippen molar-refractivity contribution < 1.29 is 21.6 Å². The molecule has 0 bridgehead atoms. The molecular weight excluding hydrogens is 306 g/mol. The van der Waals surface area contributed by atoms with E-state index >= 15 is 0 Å². The van der Waals surface area contributed by atoms with Crippen LogP contribution >= 0.6 is 0 Å². The van der Waals surface area contributed by atoms with E-state index in [1.54, 1.807) is 6.92 Å². The number of amides is 1. The van der Waals surface area contributed by atoms with Crippen LogP contribution in [0.15, 0.2) is 0 Å². The number of likely N-dealkylation sites (N-methyl/N-ethyl adjacent to an activating group) is 1. The highest BCUT2D eigenvalue weighted by atomic mass is 32.2. The summed E-state index contributed by atoms with van der Waals surface area (Å²) in [6.45, 7) is 2.44. The van der Waals surface area contributed by atoms with Gasteiger partial charge < -0.3 is 4.90 Å². The first-order valence-corrected chi connectivity index (χ1v) is 9.70. The number of rotatable bonds is 5. The smallest absolute Gasteiger partial charge is 0.237 e. The Hall–Kier alpha value is -0.710. The molecule has 0 aromatic carbocycles. The summed E-state index contributed by atoms with van der Waals surface area (Å²) in [4.78, 5) is 13.4. The lowest BCUT2D eigenvalue weighted by atomic mass is 10.3. The average Bonchev–Trinajstić information content (AvgIpc) is 2.37. The predicted molar refractivity (Wildman–Crippen MR) is 75.1 cm³/mol. The second kappa shape index (κ2) is 6.37. The van der Waals surface area contributed by atoms with Gasteiger partial charge in [-0.15, -0.1) is 0 Å². The maximum Gasteiger partial charge on any atom is 0.237 e. The zero-order valence-corrected chi connectivity index (χ0v) is 13.6. The van der Waals surface area contributed by atoms with Crippen LogP contribution in [0.5, 0.6) is 0 Å². The van der Waals surface area contributed by atoms with Crippen LogP contribution in [0, 0.1) is 0 Å². The molecule has 1 aliphatic rings. The van der Waals surface area contributed by atoms with E-state index in [4.69, 9.17) is 0 Å². The second-order valence-electron chi connectivity index (χ2n) is 4.70. The molecule has 8 nitrogen and oxygen atoms in total. The van der Waals surface area contributed by atoms with Crippen molar-refractivity contribution in [3.8, 4) is 0 Å². The number of hydrogen-bond acceptors (Lipinski definition) is 5. The van der Waals surface area contributed by atoms with Crippen molar-refractivity contribution in [3.05, 3.63) is 0 Å². The maximum absolute atomic E-state index is 11.9. The van der Waals surface area contributed by atoms with E-state index in [0.29, 0.717) is 0 Å². The molecule has 10 heteroatoms. The molecule has 0 aliphatic carbocycles. The third kappa shape index (κ3) is 4.40. The minimum Gasteiger partial charge on any atom is -0.339 e. The van der Waals surface area contributed by atoms with Crippen molar-refractivity contribution in [3.63, 3.8) is 0 Å². The summed E-state index contributed by atoms with van der Waals surface area (Å²) in [5, 5.41) is 0. The van der Waals surface area contributed by atoms with Crippen LogP contribution < -0.4 is 0 Å². The molecule has 0 saturated carbocycles.